The van der Waals surface area contributed by atoms with Gasteiger partial charge in [0, 0.05) is 24.9 Å². The highest BCUT2D eigenvalue weighted by Gasteiger charge is 2.18. The quantitative estimate of drug-likeness (QED) is 0.932. The van der Waals surface area contributed by atoms with Gasteiger partial charge in [0.25, 0.3) is 0 Å². The minimum absolute atomic E-state index is 0.260. The molecule has 0 amide bonds. The highest BCUT2D eigenvalue weighted by molar-refractivity contribution is 5.21. The van der Waals surface area contributed by atoms with E-state index in [9.17, 15) is 8.78 Å². The van der Waals surface area contributed by atoms with Crippen molar-refractivity contribution < 1.29 is 13.3 Å². The first-order valence-corrected chi connectivity index (χ1v) is 6.69. The van der Waals surface area contributed by atoms with Crippen LogP contribution in [0.2, 0.25) is 0 Å². The fraction of sp³-hybridized carbons (Fsp3) is 0.429. The standard InChI is InChI=1S/C14H15F2N3O/c15-10-4-9(5-11(16)7-10)6-13-18-14(20-19-13)8-12-2-1-3-17-12/h4-5,7,12,17H,1-3,6,8H2. The van der Waals surface area contributed by atoms with Gasteiger partial charge in [-0.2, -0.15) is 4.98 Å². The second-order valence-electron chi connectivity index (χ2n) is 5.06. The summed E-state index contributed by atoms with van der Waals surface area (Å²) < 4.78 is 31.4. The van der Waals surface area contributed by atoms with Crippen LogP contribution in [-0.2, 0) is 12.8 Å². The molecule has 0 aliphatic carbocycles. The summed E-state index contributed by atoms with van der Waals surface area (Å²) in [6.07, 6.45) is 3.22. The van der Waals surface area contributed by atoms with Gasteiger partial charge in [-0.1, -0.05) is 5.16 Å². The Morgan fingerprint density at radius 3 is 2.75 bits per heavy atom. The fourth-order valence-corrected chi connectivity index (χ4v) is 2.48. The van der Waals surface area contributed by atoms with Crippen LogP contribution in [0.25, 0.3) is 0 Å². The van der Waals surface area contributed by atoms with Crippen LogP contribution in [-0.4, -0.2) is 22.7 Å². The molecule has 1 aliphatic rings. The second kappa shape index (κ2) is 5.66. The van der Waals surface area contributed by atoms with E-state index >= 15 is 0 Å². The van der Waals surface area contributed by atoms with E-state index in [2.05, 4.69) is 15.5 Å². The van der Waals surface area contributed by atoms with Crippen molar-refractivity contribution >= 4 is 0 Å². The van der Waals surface area contributed by atoms with E-state index in [1.807, 2.05) is 0 Å². The minimum Gasteiger partial charge on any atom is -0.339 e. The van der Waals surface area contributed by atoms with Gasteiger partial charge in [-0.15, -0.1) is 0 Å². The van der Waals surface area contributed by atoms with Crippen molar-refractivity contribution in [2.75, 3.05) is 6.54 Å². The van der Waals surface area contributed by atoms with Crippen LogP contribution in [0.1, 0.15) is 30.1 Å². The highest BCUT2D eigenvalue weighted by atomic mass is 19.1. The molecule has 0 spiro atoms. The van der Waals surface area contributed by atoms with Gasteiger partial charge in [0.1, 0.15) is 11.6 Å². The largest absolute Gasteiger partial charge is 0.339 e. The van der Waals surface area contributed by atoms with Crippen molar-refractivity contribution in [3.05, 3.63) is 47.1 Å². The number of nitrogens with zero attached hydrogens (tertiary/aromatic N) is 2. The van der Waals surface area contributed by atoms with Crippen LogP contribution in [0.4, 0.5) is 8.78 Å². The molecule has 0 saturated carbocycles. The Hall–Kier alpha value is -1.82. The molecule has 1 saturated heterocycles. The molecule has 0 bridgehead atoms. The second-order valence-corrected chi connectivity index (χ2v) is 5.06. The van der Waals surface area contributed by atoms with Gasteiger partial charge in [0.2, 0.25) is 5.89 Å². The van der Waals surface area contributed by atoms with Crippen LogP contribution >= 0.6 is 0 Å². The summed E-state index contributed by atoms with van der Waals surface area (Å²) in [6.45, 7) is 1.02. The highest BCUT2D eigenvalue weighted by Crippen LogP contribution is 2.14. The Morgan fingerprint density at radius 2 is 2.05 bits per heavy atom. The summed E-state index contributed by atoms with van der Waals surface area (Å²) in [6, 6.07) is 3.78. The van der Waals surface area contributed by atoms with E-state index in [0.717, 1.165) is 25.5 Å². The van der Waals surface area contributed by atoms with Crippen LogP contribution < -0.4 is 5.32 Å². The third-order valence-corrected chi connectivity index (χ3v) is 3.38. The van der Waals surface area contributed by atoms with Gasteiger partial charge < -0.3 is 9.84 Å². The number of aromatic nitrogens is 2. The lowest BCUT2D eigenvalue weighted by Crippen LogP contribution is -2.23. The molecular formula is C14H15F2N3O. The van der Waals surface area contributed by atoms with E-state index in [4.69, 9.17) is 4.52 Å². The molecule has 1 fully saturated rings. The van der Waals surface area contributed by atoms with Gasteiger partial charge >= 0.3 is 0 Å². The van der Waals surface area contributed by atoms with Crippen molar-refractivity contribution in [2.45, 2.75) is 31.7 Å². The summed E-state index contributed by atoms with van der Waals surface area (Å²) in [5, 5.41) is 7.21. The maximum Gasteiger partial charge on any atom is 0.228 e. The zero-order valence-corrected chi connectivity index (χ0v) is 10.9. The van der Waals surface area contributed by atoms with Gasteiger partial charge in [0.05, 0.1) is 0 Å². The van der Waals surface area contributed by atoms with Crippen molar-refractivity contribution in [3.63, 3.8) is 0 Å². The normalized spacial score (nSPS) is 18.6. The first-order chi connectivity index (χ1) is 9.69. The van der Waals surface area contributed by atoms with Gasteiger partial charge in [-0.3, -0.25) is 0 Å². The Kier molecular flexibility index (Phi) is 3.73. The predicted octanol–water partition coefficient (Wildman–Crippen LogP) is 2.23. The number of halogens is 2. The third-order valence-electron chi connectivity index (χ3n) is 3.38. The van der Waals surface area contributed by atoms with Gasteiger partial charge in [0.15, 0.2) is 5.82 Å². The molecule has 1 unspecified atom stereocenters. The van der Waals surface area contributed by atoms with Crippen LogP contribution in [0.15, 0.2) is 22.7 Å². The molecule has 3 rings (SSSR count). The lowest BCUT2D eigenvalue weighted by molar-refractivity contribution is 0.360. The molecule has 1 N–H and O–H groups in total. The number of rotatable bonds is 4. The molecule has 4 nitrogen and oxygen atoms in total. The van der Waals surface area contributed by atoms with Gasteiger partial charge in [-0.25, -0.2) is 8.78 Å². The molecule has 106 valence electrons. The first-order valence-electron chi connectivity index (χ1n) is 6.69. The van der Waals surface area contributed by atoms with E-state index in [1.54, 1.807) is 0 Å². The maximum absolute atomic E-state index is 13.1. The van der Waals surface area contributed by atoms with Crippen LogP contribution in [0.5, 0.6) is 0 Å². The molecule has 1 atom stereocenters. The Balaban J connectivity index is 1.67. The monoisotopic (exact) mass is 279 g/mol. The lowest BCUT2D eigenvalue weighted by Gasteiger charge is -2.04. The minimum atomic E-state index is -0.598. The van der Waals surface area contributed by atoms with Crippen molar-refractivity contribution in [2.24, 2.45) is 0 Å². The average molecular weight is 279 g/mol. The molecule has 2 heterocycles. The summed E-state index contributed by atoms with van der Waals surface area (Å²) >= 11 is 0. The number of hydrogen-bond acceptors (Lipinski definition) is 4. The van der Waals surface area contributed by atoms with E-state index in [1.165, 1.54) is 12.1 Å². The molecule has 1 aliphatic heterocycles. The molecule has 2 aromatic rings. The Morgan fingerprint density at radius 1 is 1.25 bits per heavy atom. The Bertz CT molecular complexity index is 574. The molecule has 20 heavy (non-hydrogen) atoms. The van der Waals surface area contributed by atoms with Crippen molar-refractivity contribution in [3.8, 4) is 0 Å². The molecule has 1 aromatic carbocycles. The Labute approximate surface area is 115 Å². The molecule has 0 radical (unpaired) electrons. The third kappa shape index (κ3) is 3.19. The summed E-state index contributed by atoms with van der Waals surface area (Å²) in [5.74, 6) is -0.183. The summed E-state index contributed by atoms with van der Waals surface area (Å²) in [5.41, 5.74) is 0.494. The summed E-state index contributed by atoms with van der Waals surface area (Å²) in [4.78, 5) is 4.27. The van der Waals surface area contributed by atoms with Crippen molar-refractivity contribution in [1.29, 1.82) is 0 Å². The van der Waals surface area contributed by atoms with E-state index < -0.39 is 11.6 Å². The van der Waals surface area contributed by atoms with E-state index in [-0.39, 0.29) is 6.42 Å². The zero-order chi connectivity index (χ0) is 13.9. The average Bonchev–Trinajstić information content (AvgIpc) is 3.01. The smallest absolute Gasteiger partial charge is 0.228 e. The zero-order valence-electron chi connectivity index (χ0n) is 10.9. The van der Waals surface area contributed by atoms with Gasteiger partial charge in [-0.05, 0) is 37.1 Å². The van der Waals surface area contributed by atoms with E-state index in [0.29, 0.717) is 29.7 Å². The number of nitrogens with one attached hydrogen (secondary N) is 1. The number of benzene rings is 1. The van der Waals surface area contributed by atoms with Crippen molar-refractivity contribution in [1.82, 2.24) is 15.5 Å². The summed E-state index contributed by atoms with van der Waals surface area (Å²) in [7, 11) is 0. The fourth-order valence-electron chi connectivity index (χ4n) is 2.48. The maximum atomic E-state index is 13.1. The lowest BCUT2D eigenvalue weighted by atomic mass is 10.1. The molecular weight excluding hydrogens is 264 g/mol. The topological polar surface area (TPSA) is 51.0 Å². The molecule has 6 heteroatoms. The number of hydrogen-bond donors (Lipinski definition) is 1. The first kappa shape index (κ1) is 13.2. The van der Waals surface area contributed by atoms with Crippen LogP contribution in [0.3, 0.4) is 0 Å². The SMILES string of the molecule is Fc1cc(F)cc(Cc2noc(CC3CCCN3)n2)c1. The predicted molar refractivity (Wildman–Crippen MR) is 68.2 cm³/mol. The van der Waals surface area contributed by atoms with Crippen LogP contribution in [0, 0.1) is 11.6 Å². The molecule has 1 aromatic heterocycles.